The van der Waals surface area contributed by atoms with Crippen LogP contribution in [0.2, 0.25) is 0 Å². The molecule has 2 bridgehead atoms. The third-order valence-electron chi connectivity index (χ3n) is 17.6. The van der Waals surface area contributed by atoms with E-state index in [1.165, 1.54) is 19.3 Å². The molecule has 1 saturated carbocycles. The summed E-state index contributed by atoms with van der Waals surface area (Å²) in [6, 6.07) is 15.3. The van der Waals surface area contributed by atoms with Gasteiger partial charge in [0.2, 0.25) is 0 Å². The van der Waals surface area contributed by atoms with Gasteiger partial charge in [-0.25, -0.2) is 0 Å². The first-order valence-corrected chi connectivity index (χ1v) is 18.9. The van der Waals surface area contributed by atoms with Crippen LogP contribution in [-0.4, -0.2) is 0 Å². The van der Waals surface area contributed by atoms with E-state index in [0.29, 0.717) is 41.4 Å². The maximum atomic E-state index is 2.97. The van der Waals surface area contributed by atoms with E-state index in [1.54, 1.807) is 142 Å². The summed E-state index contributed by atoms with van der Waals surface area (Å²) < 4.78 is 0. The first-order valence-electron chi connectivity index (χ1n) is 18.9. The summed E-state index contributed by atoms with van der Waals surface area (Å²) in [5.41, 5.74) is 24.4. The Balaban J connectivity index is 1.22. The first-order chi connectivity index (χ1) is 23.8. The van der Waals surface area contributed by atoms with Crippen molar-refractivity contribution in [3.05, 3.63) is 121 Å². The average Bonchev–Trinajstić information content (AvgIpc) is 3.95. The molecule has 0 nitrogen and oxygen atoms in total. The first kappa shape index (κ1) is 20.6. The van der Waals surface area contributed by atoms with E-state index in [0.717, 1.165) is 6.42 Å². The Morgan fingerprint density at radius 2 is 1.33 bits per heavy atom. The molecule has 0 heterocycles. The van der Waals surface area contributed by atoms with Crippen molar-refractivity contribution in [2.45, 2.75) is 60.7 Å². The largest absolute Gasteiger partial charge is 0.0760 e. The van der Waals surface area contributed by atoms with Gasteiger partial charge in [-0.05, 0) is 197 Å². The zero-order chi connectivity index (χ0) is 29.3. The zero-order valence-corrected chi connectivity index (χ0v) is 26.1. The van der Waals surface area contributed by atoms with E-state index < -0.39 is 0 Å². The minimum Gasteiger partial charge on any atom is -0.0760 e. The van der Waals surface area contributed by atoms with Crippen molar-refractivity contribution in [1.82, 2.24) is 0 Å². The molecule has 0 heteroatoms. The molecule has 1 spiro atoms. The summed E-state index contributed by atoms with van der Waals surface area (Å²) in [6.07, 6.45) is 13.5. The van der Waals surface area contributed by atoms with Crippen molar-refractivity contribution in [2.24, 2.45) is 11.8 Å². The van der Waals surface area contributed by atoms with E-state index in [-0.39, 0.29) is 5.41 Å². The van der Waals surface area contributed by atoms with E-state index >= 15 is 0 Å². The number of hydrogen-bond acceptors (Lipinski definition) is 0. The molecule has 8 aromatic rings. The van der Waals surface area contributed by atoms with Crippen molar-refractivity contribution in [3.63, 3.8) is 0 Å². The van der Waals surface area contributed by atoms with Gasteiger partial charge in [0.15, 0.2) is 0 Å². The molecule has 8 atom stereocenters. The summed E-state index contributed by atoms with van der Waals surface area (Å²) in [4.78, 5) is 0. The van der Waals surface area contributed by atoms with Crippen molar-refractivity contribution in [3.8, 4) is 0 Å². The molecule has 0 N–H and O–H groups in total. The van der Waals surface area contributed by atoms with Crippen LogP contribution in [-0.2, 0) is 18.3 Å². The van der Waals surface area contributed by atoms with Gasteiger partial charge in [0, 0.05) is 23.2 Å². The molecule has 0 saturated heterocycles. The maximum Gasteiger partial charge on any atom is 0.0294 e. The third-order valence-corrected chi connectivity index (χ3v) is 17.6. The normalized spacial score (nSPS) is 34.6. The molecule has 1 fully saturated rings. The number of benzene rings is 6. The van der Waals surface area contributed by atoms with Crippen molar-refractivity contribution in [1.29, 1.82) is 0 Å². The van der Waals surface area contributed by atoms with Crippen molar-refractivity contribution < 1.29 is 0 Å². The Morgan fingerprint density at radius 3 is 2.27 bits per heavy atom. The van der Waals surface area contributed by atoms with Crippen LogP contribution >= 0.6 is 0 Å². The molecule has 0 aliphatic heterocycles. The minimum absolute atomic E-state index is 0.110. The molecule has 11 aliphatic carbocycles. The standard InChI is InChI=1S/C48H24/c1-2-4-22-21(3-1)23-12-25(22)48-13-20-10-18-8-15-5-14-6-17-7-16-9-19-11-24(46(23)48)33-38-29(19)28(16)35-30(17)34-26(14)27(15)36-31(18)37-32(20)47(48)45(33)44-42(37)40(36)39(34)41(35)43(38)44/h1-4,6,8-9,11,13,16,18,23,25,28,31,46H,5,7,10,12H2/t16?,18?,23-,25+,28?,31?,46?,48?/m0/s1. The highest BCUT2D eigenvalue weighted by atomic mass is 14.7. The van der Waals surface area contributed by atoms with Gasteiger partial charge in [-0.1, -0.05) is 54.6 Å². The molecular weight excluding hydrogens is 577 g/mol. The quantitative estimate of drug-likeness (QED) is 0.152. The monoisotopic (exact) mass is 600 g/mol. The van der Waals surface area contributed by atoms with Gasteiger partial charge in [0.05, 0.1) is 0 Å². The SMILES string of the molecule is C1=C2CC3C=C4Cc5cc6c7c8c9c%10c%11c(c4c5c7%10)C3c3c2c2c4c5c(cc7c(c5c9c4c3%11)C8C(C=7)C6)C3[C@H]4C[C@H](c5ccccc54)C123. The lowest BCUT2D eigenvalue weighted by molar-refractivity contribution is 0.418. The van der Waals surface area contributed by atoms with Crippen LogP contribution in [0.4, 0.5) is 0 Å². The summed E-state index contributed by atoms with van der Waals surface area (Å²) >= 11 is 0. The second-order valence-electron chi connectivity index (χ2n) is 18.4. The van der Waals surface area contributed by atoms with E-state index in [1.807, 2.05) is 5.56 Å². The average molecular weight is 601 g/mol. The smallest absolute Gasteiger partial charge is 0.0294 e. The zero-order valence-electron chi connectivity index (χ0n) is 26.1. The van der Waals surface area contributed by atoms with Gasteiger partial charge >= 0.3 is 0 Å². The number of allylic oxidation sites excluding steroid dienone is 4. The van der Waals surface area contributed by atoms with Gasteiger partial charge in [0.25, 0.3) is 0 Å². The maximum absolute atomic E-state index is 2.97. The summed E-state index contributed by atoms with van der Waals surface area (Å²) in [7, 11) is 0. The molecule has 11 aliphatic rings. The van der Waals surface area contributed by atoms with Crippen LogP contribution in [0.1, 0.15) is 109 Å². The third kappa shape index (κ3) is 1.42. The molecule has 19 rings (SSSR count). The van der Waals surface area contributed by atoms with Gasteiger partial charge in [0.1, 0.15) is 0 Å². The Kier molecular flexibility index (Phi) is 2.30. The Labute approximate surface area is 274 Å². The Morgan fingerprint density at radius 1 is 0.562 bits per heavy atom. The molecule has 6 unspecified atom stereocenters. The summed E-state index contributed by atoms with van der Waals surface area (Å²) in [5, 5.41) is 22.3. The topological polar surface area (TPSA) is 0 Å². The van der Waals surface area contributed by atoms with Crippen molar-refractivity contribution in [2.75, 3.05) is 0 Å². The van der Waals surface area contributed by atoms with Gasteiger partial charge < -0.3 is 0 Å². The van der Waals surface area contributed by atoms with Crippen LogP contribution in [0.15, 0.2) is 48.6 Å². The predicted octanol–water partition coefficient (Wildman–Crippen LogP) is 10.0. The predicted molar refractivity (Wildman–Crippen MR) is 193 cm³/mol. The highest BCUT2D eigenvalue weighted by Gasteiger charge is 2.67. The Hall–Kier alpha value is -4.68. The van der Waals surface area contributed by atoms with Crippen LogP contribution < -0.4 is 5.22 Å². The van der Waals surface area contributed by atoms with Crippen LogP contribution in [0, 0.1) is 11.8 Å². The van der Waals surface area contributed by atoms with Crippen LogP contribution in [0.25, 0.3) is 81.9 Å². The lowest BCUT2D eigenvalue weighted by Gasteiger charge is -2.46. The highest BCUT2D eigenvalue weighted by Crippen LogP contribution is 2.80. The molecule has 216 valence electrons. The minimum atomic E-state index is 0.110. The van der Waals surface area contributed by atoms with E-state index in [4.69, 9.17) is 0 Å². The van der Waals surface area contributed by atoms with E-state index in [2.05, 4.69) is 54.6 Å². The number of fused-ring (bicyclic) bond motifs is 7. The number of rotatable bonds is 0. The summed E-state index contributed by atoms with van der Waals surface area (Å²) in [6.45, 7) is 0. The van der Waals surface area contributed by atoms with E-state index in [9.17, 15) is 0 Å². The van der Waals surface area contributed by atoms with Crippen molar-refractivity contribution >= 4 is 81.9 Å². The van der Waals surface area contributed by atoms with Crippen LogP contribution in [0.5, 0.6) is 0 Å². The Bertz CT molecular complexity index is 3430. The molecule has 48 heavy (non-hydrogen) atoms. The second kappa shape index (κ2) is 5.34. The molecular formula is C48H24. The molecule has 0 aromatic heterocycles. The summed E-state index contributed by atoms with van der Waals surface area (Å²) in [5.74, 6) is 4.09. The highest BCUT2D eigenvalue weighted by molar-refractivity contribution is 6.51. The molecule has 0 amide bonds. The fraction of sp³-hybridized carbons (Fsp3) is 0.250. The lowest BCUT2D eigenvalue weighted by Crippen LogP contribution is -2.38. The molecule has 8 aromatic carbocycles. The van der Waals surface area contributed by atoms with Gasteiger partial charge in [-0.3, -0.25) is 0 Å². The fourth-order valence-corrected chi connectivity index (χ4v) is 17.1. The fourth-order valence-electron chi connectivity index (χ4n) is 17.1. The van der Waals surface area contributed by atoms with Gasteiger partial charge in [-0.2, -0.15) is 0 Å². The van der Waals surface area contributed by atoms with Crippen LogP contribution in [0.3, 0.4) is 0 Å². The second-order valence-corrected chi connectivity index (χ2v) is 18.4. The lowest BCUT2D eigenvalue weighted by atomic mass is 9.56. The van der Waals surface area contributed by atoms with Gasteiger partial charge in [-0.15, -0.1) is 0 Å². The number of hydrogen-bond donors (Lipinski definition) is 0. The molecule has 0 radical (unpaired) electrons.